The number of amides is 1. The average molecular weight is 388 g/mol. The van der Waals surface area contributed by atoms with Crippen molar-refractivity contribution in [1.29, 1.82) is 0 Å². The summed E-state index contributed by atoms with van der Waals surface area (Å²) in [6, 6.07) is 12.8. The van der Waals surface area contributed by atoms with Gasteiger partial charge in [-0.15, -0.1) is 0 Å². The van der Waals surface area contributed by atoms with Gasteiger partial charge in [0.2, 0.25) is 5.91 Å². The molecule has 3 rings (SSSR count). The summed E-state index contributed by atoms with van der Waals surface area (Å²) in [5.41, 5.74) is 1.56. The molecule has 0 saturated carbocycles. The van der Waals surface area contributed by atoms with E-state index in [0.717, 1.165) is 10.0 Å². The van der Waals surface area contributed by atoms with Crippen LogP contribution in [0.15, 0.2) is 46.9 Å². The lowest BCUT2D eigenvalue weighted by Gasteiger charge is -2.31. The summed E-state index contributed by atoms with van der Waals surface area (Å²) in [6.07, 6.45) is 0.609. The average Bonchev–Trinajstić information content (AvgIpc) is 2.49. The third kappa shape index (κ3) is 3.85. The summed E-state index contributed by atoms with van der Waals surface area (Å²) in [6.45, 7) is 3.78. The van der Waals surface area contributed by atoms with Crippen LogP contribution < -0.4 is 10.1 Å². The standard InChI is InChI=1S/C19H18BrNO3/c1-19(2)11-16(22)15-10-14(7-8-17(15)24-19)21-18(23)9-12-3-5-13(20)6-4-12/h3-8,10H,9,11H2,1-2H3,(H,21,23). The van der Waals surface area contributed by atoms with Crippen LogP contribution in [0.3, 0.4) is 0 Å². The number of rotatable bonds is 3. The zero-order valence-electron chi connectivity index (χ0n) is 13.6. The monoisotopic (exact) mass is 387 g/mol. The van der Waals surface area contributed by atoms with Gasteiger partial charge in [0.1, 0.15) is 11.4 Å². The number of hydrogen-bond donors (Lipinski definition) is 1. The molecule has 1 aliphatic rings. The van der Waals surface area contributed by atoms with Crippen LogP contribution in [-0.2, 0) is 11.2 Å². The van der Waals surface area contributed by atoms with Crippen LogP contribution >= 0.6 is 15.9 Å². The van der Waals surface area contributed by atoms with Crippen molar-refractivity contribution in [2.45, 2.75) is 32.3 Å². The maximum atomic E-state index is 12.3. The minimum Gasteiger partial charge on any atom is -0.487 e. The first-order valence-corrected chi connectivity index (χ1v) is 8.52. The molecule has 0 bridgehead atoms. The Balaban J connectivity index is 1.72. The molecule has 2 aromatic rings. The van der Waals surface area contributed by atoms with E-state index in [-0.39, 0.29) is 18.1 Å². The SMILES string of the molecule is CC1(C)CC(=O)c2cc(NC(=O)Cc3ccc(Br)cc3)ccc2O1. The first kappa shape index (κ1) is 16.7. The highest BCUT2D eigenvalue weighted by atomic mass is 79.9. The molecule has 0 unspecified atom stereocenters. The summed E-state index contributed by atoms with van der Waals surface area (Å²) >= 11 is 3.37. The van der Waals surface area contributed by atoms with Gasteiger partial charge in [0.15, 0.2) is 5.78 Å². The predicted molar refractivity (Wildman–Crippen MR) is 96.6 cm³/mol. The summed E-state index contributed by atoms with van der Waals surface area (Å²) in [5, 5.41) is 2.84. The lowest BCUT2D eigenvalue weighted by Crippen LogP contribution is -2.35. The van der Waals surface area contributed by atoms with Gasteiger partial charge in [-0.1, -0.05) is 28.1 Å². The van der Waals surface area contributed by atoms with Gasteiger partial charge >= 0.3 is 0 Å². The highest BCUT2D eigenvalue weighted by Gasteiger charge is 2.32. The first-order chi connectivity index (χ1) is 11.3. The number of ether oxygens (including phenoxy) is 1. The Kier molecular flexibility index (Phi) is 4.45. The van der Waals surface area contributed by atoms with Gasteiger partial charge in [0, 0.05) is 10.2 Å². The second kappa shape index (κ2) is 6.40. The Labute approximate surface area is 149 Å². The largest absolute Gasteiger partial charge is 0.487 e. The highest BCUT2D eigenvalue weighted by Crippen LogP contribution is 2.34. The Hall–Kier alpha value is -2.14. The third-order valence-electron chi connectivity index (χ3n) is 3.81. The molecule has 0 spiro atoms. The summed E-state index contributed by atoms with van der Waals surface area (Å²) in [4.78, 5) is 24.4. The van der Waals surface area contributed by atoms with Crippen LogP contribution in [0, 0.1) is 0 Å². The molecule has 0 radical (unpaired) electrons. The van der Waals surface area contributed by atoms with E-state index in [1.165, 1.54) is 0 Å². The van der Waals surface area contributed by atoms with Crippen molar-refractivity contribution >= 4 is 33.3 Å². The molecule has 0 saturated heterocycles. The first-order valence-electron chi connectivity index (χ1n) is 7.73. The summed E-state index contributed by atoms with van der Waals surface area (Å²) < 4.78 is 6.79. The number of Topliss-reactive ketones (excluding diaryl/α,β-unsaturated/α-hetero) is 1. The number of halogens is 1. The summed E-state index contributed by atoms with van der Waals surface area (Å²) in [7, 11) is 0. The molecule has 0 aliphatic carbocycles. The molecule has 2 aromatic carbocycles. The van der Waals surface area contributed by atoms with Crippen molar-refractivity contribution in [2.24, 2.45) is 0 Å². The maximum Gasteiger partial charge on any atom is 0.228 e. The molecule has 0 atom stereocenters. The molecule has 5 heteroatoms. The fraction of sp³-hybridized carbons (Fsp3) is 0.263. The maximum absolute atomic E-state index is 12.3. The molecule has 1 aliphatic heterocycles. The molecule has 0 fully saturated rings. The Morgan fingerprint density at radius 3 is 2.62 bits per heavy atom. The van der Waals surface area contributed by atoms with Crippen LogP contribution in [0.4, 0.5) is 5.69 Å². The molecule has 1 heterocycles. The van der Waals surface area contributed by atoms with Crippen molar-refractivity contribution in [3.8, 4) is 5.75 Å². The highest BCUT2D eigenvalue weighted by molar-refractivity contribution is 9.10. The van der Waals surface area contributed by atoms with Crippen LogP contribution in [0.25, 0.3) is 0 Å². The Morgan fingerprint density at radius 2 is 1.92 bits per heavy atom. The number of nitrogens with one attached hydrogen (secondary N) is 1. The molecular formula is C19H18BrNO3. The molecular weight excluding hydrogens is 370 g/mol. The van der Waals surface area contributed by atoms with Crippen molar-refractivity contribution in [2.75, 3.05) is 5.32 Å². The lowest BCUT2D eigenvalue weighted by molar-refractivity contribution is -0.115. The molecule has 124 valence electrons. The van der Waals surface area contributed by atoms with Gasteiger partial charge in [-0.25, -0.2) is 0 Å². The smallest absolute Gasteiger partial charge is 0.228 e. The minimum atomic E-state index is -0.490. The van der Waals surface area contributed by atoms with E-state index >= 15 is 0 Å². The Morgan fingerprint density at radius 1 is 1.21 bits per heavy atom. The third-order valence-corrected chi connectivity index (χ3v) is 4.34. The van der Waals surface area contributed by atoms with Gasteiger partial charge in [-0.05, 0) is 49.7 Å². The number of carbonyl (C=O) groups is 2. The predicted octanol–water partition coefficient (Wildman–Crippen LogP) is 4.37. The van der Waals surface area contributed by atoms with E-state index in [1.54, 1.807) is 18.2 Å². The minimum absolute atomic E-state index is 0.0326. The normalized spacial score (nSPS) is 15.4. The van der Waals surface area contributed by atoms with Crippen molar-refractivity contribution in [3.63, 3.8) is 0 Å². The van der Waals surface area contributed by atoms with E-state index < -0.39 is 5.60 Å². The van der Waals surface area contributed by atoms with Gasteiger partial charge < -0.3 is 10.1 Å². The van der Waals surface area contributed by atoms with E-state index in [0.29, 0.717) is 23.4 Å². The van der Waals surface area contributed by atoms with Crippen molar-refractivity contribution in [3.05, 3.63) is 58.1 Å². The van der Waals surface area contributed by atoms with E-state index in [2.05, 4.69) is 21.2 Å². The van der Waals surface area contributed by atoms with E-state index in [9.17, 15) is 9.59 Å². The number of benzene rings is 2. The molecule has 1 N–H and O–H groups in total. The summed E-state index contributed by atoms with van der Waals surface area (Å²) in [5.74, 6) is 0.481. The lowest BCUT2D eigenvalue weighted by atomic mass is 9.93. The van der Waals surface area contributed by atoms with E-state index in [4.69, 9.17) is 4.74 Å². The zero-order valence-corrected chi connectivity index (χ0v) is 15.1. The van der Waals surface area contributed by atoms with Gasteiger partial charge in [-0.3, -0.25) is 9.59 Å². The number of anilines is 1. The number of ketones is 1. The van der Waals surface area contributed by atoms with Gasteiger partial charge in [0.25, 0.3) is 0 Å². The quantitative estimate of drug-likeness (QED) is 0.850. The molecule has 0 aromatic heterocycles. The molecule has 4 nitrogen and oxygen atoms in total. The fourth-order valence-corrected chi connectivity index (χ4v) is 2.99. The van der Waals surface area contributed by atoms with Gasteiger partial charge in [-0.2, -0.15) is 0 Å². The molecule has 24 heavy (non-hydrogen) atoms. The second-order valence-corrected chi connectivity index (χ2v) is 7.44. The number of carbonyl (C=O) groups excluding carboxylic acids is 2. The Bertz CT molecular complexity index is 797. The van der Waals surface area contributed by atoms with Crippen LogP contribution in [0.1, 0.15) is 36.2 Å². The zero-order chi connectivity index (χ0) is 17.3. The van der Waals surface area contributed by atoms with E-state index in [1.807, 2.05) is 38.1 Å². The van der Waals surface area contributed by atoms with Crippen molar-refractivity contribution < 1.29 is 14.3 Å². The molecule has 1 amide bonds. The number of fused-ring (bicyclic) bond motifs is 1. The van der Waals surface area contributed by atoms with Crippen LogP contribution in [-0.4, -0.2) is 17.3 Å². The van der Waals surface area contributed by atoms with Crippen molar-refractivity contribution in [1.82, 2.24) is 0 Å². The topological polar surface area (TPSA) is 55.4 Å². The van der Waals surface area contributed by atoms with Gasteiger partial charge in [0.05, 0.1) is 18.4 Å². The van der Waals surface area contributed by atoms with Crippen LogP contribution in [0.2, 0.25) is 0 Å². The number of hydrogen-bond acceptors (Lipinski definition) is 3. The van der Waals surface area contributed by atoms with Crippen LogP contribution in [0.5, 0.6) is 5.75 Å². The fourth-order valence-electron chi connectivity index (χ4n) is 2.72. The second-order valence-electron chi connectivity index (χ2n) is 6.52.